The molecule has 158 valence electrons. The van der Waals surface area contributed by atoms with E-state index in [0.29, 0.717) is 6.61 Å². The highest BCUT2D eigenvalue weighted by Gasteiger charge is 2.22. The average molecular weight is 387 g/mol. The molecule has 1 aromatic rings. The van der Waals surface area contributed by atoms with Crippen molar-refractivity contribution in [3.8, 4) is 0 Å². The van der Waals surface area contributed by atoms with Gasteiger partial charge in [0.25, 0.3) is 0 Å². The Balaban J connectivity index is 1.44. The fraction of sp³-hybridized carbons (Fsp3) is 0.731. The van der Waals surface area contributed by atoms with Crippen molar-refractivity contribution in [1.29, 1.82) is 0 Å². The number of hydrogen-bond donors (Lipinski definition) is 0. The predicted molar refractivity (Wildman–Crippen MR) is 119 cm³/mol. The molecule has 1 saturated heterocycles. The SMILES string of the molecule is CCCCCCCc1ccc(CCCCCCCCC2CCCOC2=O)cc1. The third kappa shape index (κ3) is 9.75. The summed E-state index contributed by atoms with van der Waals surface area (Å²) in [6.07, 6.45) is 20.1. The van der Waals surface area contributed by atoms with E-state index in [1.54, 1.807) is 0 Å². The van der Waals surface area contributed by atoms with Crippen LogP contribution in [0.25, 0.3) is 0 Å². The van der Waals surface area contributed by atoms with Gasteiger partial charge in [0.1, 0.15) is 0 Å². The molecule has 1 aliphatic rings. The number of aryl methyl sites for hydroxylation is 2. The minimum Gasteiger partial charge on any atom is -0.465 e. The lowest BCUT2D eigenvalue weighted by Gasteiger charge is -2.20. The lowest BCUT2D eigenvalue weighted by molar-refractivity contribution is -0.153. The second-order valence-electron chi connectivity index (χ2n) is 8.65. The normalized spacial score (nSPS) is 16.9. The smallest absolute Gasteiger partial charge is 0.308 e. The summed E-state index contributed by atoms with van der Waals surface area (Å²) in [5.41, 5.74) is 2.99. The molecule has 28 heavy (non-hydrogen) atoms. The Labute approximate surface area is 173 Å². The zero-order valence-electron chi connectivity index (χ0n) is 18.2. The maximum atomic E-state index is 11.6. The Hall–Kier alpha value is -1.31. The van der Waals surface area contributed by atoms with Crippen LogP contribution in [-0.2, 0) is 22.4 Å². The topological polar surface area (TPSA) is 26.3 Å². The molecule has 0 bridgehead atoms. The van der Waals surface area contributed by atoms with Gasteiger partial charge in [0.05, 0.1) is 12.5 Å². The fourth-order valence-corrected chi connectivity index (χ4v) is 4.23. The van der Waals surface area contributed by atoms with E-state index in [2.05, 4.69) is 31.2 Å². The van der Waals surface area contributed by atoms with Crippen molar-refractivity contribution < 1.29 is 9.53 Å². The number of benzene rings is 1. The Morgan fingerprint density at radius 3 is 1.89 bits per heavy atom. The van der Waals surface area contributed by atoms with Gasteiger partial charge in [-0.1, -0.05) is 89.0 Å². The lowest BCUT2D eigenvalue weighted by Crippen LogP contribution is -2.23. The minimum absolute atomic E-state index is 0.0498. The summed E-state index contributed by atoms with van der Waals surface area (Å²) in [5, 5.41) is 0. The highest BCUT2D eigenvalue weighted by molar-refractivity contribution is 5.72. The molecule has 0 saturated carbocycles. The summed E-state index contributed by atoms with van der Waals surface area (Å²) in [7, 11) is 0. The number of carbonyl (C=O) groups is 1. The van der Waals surface area contributed by atoms with Gasteiger partial charge in [-0.3, -0.25) is 4.79 Å². The third-order valence-electron chi connectivity index (χ3n) is 6.13. The molecule has 1 fully saturated rings. The molecule has 1 heterocycles. The molecule has 0 amide bonds. The molecule has 2 heteroatoms. The van der Waals surface area contributed by atoms with Gasteiger partial charge in [0, 0.05) is 0 Å². The maximum Gasteiger partial charge on any atom is 0.308 e. The Morgan fingerprint density at radius 1 is 0.786 bits per heavy atom. The molecule has 2 rings (SSSR count). The first-order valence-corrected chi connectivity index (χ1v) is 12.0. The van der Waals surface area contributed by atoms with E-state index in [1.165, 1.54) is 94.6 Å². The van der Waals surface area contributed by atoms with Crippen LogP contribution in [0.2, 0.25) is 0 Å². The van der Waals surface area contributed by atoms with Crippen LogP contribution in [0.1, 0.15) is 108 Å². The molecular weight excluding hydrogens is 344 g/mol. The van der Waals surface area contributed by atoms with Crippen LogP contribution >= 0.6 is 0 Å². The van der Waals surface area contributed by atoms with Gasteiger partial charge in [0.2, 0.25) is 0 Å². The average Bonchev–Trinajstić information content (AvgIpc) is 2.72. The fourth-order valence-electron chi connectivity index (χ4n) is 4.23. The van der Waals surface area contributed by atoms with Crippen molar-refractivity contribution in [2.75, 3.05) is 6.61 Å². The van der Waals surface area contributed by atoms with E-state index < -0.39 is 0 Å². The van der Waals surface area contributed by atoms with Crippen molar-refractivity contribution in [1.82, 2.24) is 0 Å². The van der Waals surface area contributed by atoms with Crippen LogP contribution in [0.3, 0.4) is 0 Å². The standard InChI is InChI=1S/C26H42O2/c1-2-3-4-7-10-14-23-18-20-24(21-19-23)15-11-8-5-6-9-12-16-25-17-13-22-28-26(25)27/h18-21,25H,2-17,22H2,1H3. The van der Waals surface area contributed by atoms with Crippen molar-refractivity contribution in [2.24, 2.45) is 5.92 Å². The molecule has 1 atom stereocenters. The first-order valence-electron chi connectivity index (χ1n) is 12.0. The van der Waals surface area contributed by atoms with E-state index >= 15 is 0 Å². The van der Waals surface area contributed by atoms with Crippen LogP contribution < -0.4 is 0 Å². The van der Waals surface area contributed by atoms with Gasteiger partial charge in [-0.2, -0.15) is 0 Å². The molecule has 0 aliphatic carbocycles. The number of esters is 1. The molecule has 2 nitrogen and oxygen atoms in total. The summed E-state index contributed by atoms with van der Waals surface area (Å²) in [5.74, 6) is 0.238. The van der Waals surface area contributed by atoms with Gasteiger partial charge >= 0.3 is 5.97 Å². The Morgan fingerprint density at radius 2 is 1.32 bits per heavy atom. The first kappa shape index (κ1) is 23.0. The number of hydrogen-bond acceptors (Lipinski definition) is 2. The Kier molecular flexibility index (Phi) is 12.0. The van der Waals surface area contributed by atoms with Crippen molar-refractivity contribution in [3.63, 3.8) is 0 Å². The molecule has 0 radical (unpaired) electrons. The molecule has 0 N–H and O–H groups in total. The third-order valence-corrected chi connectivity index (χ3v) is 6.13. The molecule has 1 aliphatic heterocycles. The van der Waals surface area contributed by atoms with Crippen molar-refractivity contribution >= 4 is 5.97 Å². The predicted octanol–water partition coefficient (Wildman–Crippen LogP) is 7.43. The van der Waals surface area contributed by atoms with Crippen LogP contribution in [0, 0.1) is 5.92 Å². The largest absolute Gasteiger partial charge is 0.465 e. The van der Waals surface area contributed by atoms with E-state index in [9.17, 15) is 4.79 Å². The number of rotatable bonds is 15. The highest BCUT2D eigenvalue weighted by Crippen LogP contribution is 2.22. The van der Waals surface area contributed by atoms with Gasteiger partial charge in [-0.15, -0.1) is 0 Å². The zero-order chi connectivity index (χ0) is 19.9. The lowest BCUT2D eigenvalue weighted by atomic mass is 9.94. The van der Waals surface area contributed by atoms with Gasteiger partial charge in [-0.05, 0) is 56.1 Å². The number of cyclic esters (lactones) is 1. The van der Waals surface area contributed by atoms with Crippen molar-refractivity contribution in [3.05, 3.63) is 35.4 Å². The van der Waals surface area contributed by atoms with E-state index in [-0.39, 0.29) is 11.9 Å². The van der Waals surface area contributed by atoms with E-state index in [1.807, 2.05) is 0 Å². The van der Waals surface area contributed by atoms with Crippen molar-refractivity contribution in [2.45, 2.75) is 110 Å². The quantitative estimate of drug-likeness (QED) is 0.231. The molecule has 0 aromatic heterocycles. The molecular formula is C26H42O2. The monoisotopic (exact) mass is 386 g/mol. The second kappa shape index (κ2) is 14.7. The van der Waals surface area contributed by atoms with E-state index in [4.69, 9.17) is 4.74 Å². The Bertz CT molecular complexity index is 520. The van der Waals surface area contributed by atoms with Gasteiger partial charge in [-0.25, -0.2) is 0 Å². The van der Waals surface area contributed by atoms with Crippen LogP contribution in [0.5, 0.6) is 0 Å². The molecule has 1 unspecified atom stereocenters. The summed E-state index contributed by atoms with van der Waals surface area (Å²) in [4.78, 5) is 11.6. The second-order valence-corrected chi connectivity index (χ2v) is 8.65. The van der Waals surface area contributed by atoms with Crippen LogP contribution in [0.4, 0.5) is 0 Å². The summed E-state index contributed by atoms with van der Waals surface area (Å²) >= 11 is 0. The highest BCUT2D eigenvalue weighted by atomic mass is 16.5. The zero-order valence-corrected chi connectivity index (χ0v) is 18.2. The molecule has 1 aromatic carbocycles. The summed E-state index contributed by atoms with van der Waals surface area (Å²) < 4.78 is 5.14. The number of unbranched alkanes of at least 4 members (excludes halogenated alkanes) is 9. The van der Waals surface area contributed by atoms with Crippen LogP contribution in [0.15, 0.2) is 24.3 Å². The van der Waals surface area contributed by atoms with Gasteiger partial charge in [0.15, 0.2) is 0 Å². The molecule has 0 spiro atoms. The van der Waals surface area contributed by atoms with Crippen LogP contribution in [-0.4, -0.2) is 12.6 Å². The summed E-state index contributed by atoms with van der Waals surface area (Å²) in [6, 6.07) is 9.35. The van der Waals surface area contributed by atoms with Gasteiger partial charge < -0.3 is 4.74 Å². The van der Waals surface area contributed by atoms with E-state index in [0.717, 1.165) is 19.3 Å². The first-order chi connectivity index (χ1) is 13.8. The minimum atomic E-state index is 0.0498. The number of carbonyl (C=O) groups excluding carboxylic acids is 1. The summed E-state index contributed by atoms with van der Waals surface area (Å²) in [6.45, 7) is 2.91. The maximum absolute atomic E-state index is 11.6. The number of ether oxygens (including phenoxy) is 1.